The Labute approximate surface area is 118 Å². The molecule has 0 bridgehead atoms. The first-order valence-electron chi connectivity index (χ1n) is 6.53. The highest BCUT2D eigenvalue weighted by molar-refractivity contribution is 5.94. The lowest BCUT2D eigenvalue weighted by Gasteiger charge is -2.26. The number of nitro benzene ring substituents is 1. The lowest BCUT2D eigenvalue weighted by atomic mass is 9.97. The molecule has 1 rings (SSSR count). The van der Waals surface area contributed by atoms with Crippen molar-refractivity contribution in [1.82, 2.24) is 5.32 Å². The van der Waals surface area contributed by atoms with Crippen LogP contribution >= 0.6 is 0 Å². The number of nitro groups is 1. The van der Waals surface area contributed by atoms with Gasteiger partial charge in [-0.1, -0.05) is 25.5 Å². The fourth-order valence-corrected chi connectivity index (χ4v) is 2.18. The molecule has 0 aliphatic heterocycles. The highest BCUT2D eigenvalue weighted by atomic mass is 16.6. The summed E-state index contributed by atoms with van der Waals surface area (Å²) in [6, 6.07) is 4.32. The fraction of sp³-hybridized carbons (Fsp3) is 0.500. The van der Waals surface area contributed by atoms with E-state index in [1.165, 1.54) is 12.1 Å². The third-order valence-electron chi connectivity index (χ3n) is 3.17. The predicted octanol–water partition coefficient (Wildman–Crippen LogP) is 2.96. The lowest BCUT2D eigenvalue weighted by Crippen LogP contribution is -2.38. The zero-order valence-corrected chi connectivity index (χ0v) is 12.0. The summed E-state index contributed by atoms with van der Waals surface area (Å²) in [6.07, 6.45) is 1.94. The van der Waals surface area contributed by atoms with Gasteiger partial charge in [0.05, 0.1) is 4.92 Å². The van der Waals surface area contributed by atoms with Crippen LogP contribution in [-0.2, 0) is 6.54 Å². The molecule has 1 aromatic rings. The van der Waals surface area contributed by atoms with Crippen molar-refractivity contribution in [3.63, 3.8) is 0 Å². The van der Waals surface area contributed by atoms with Gasteiger partial charge in [0.2, 0.25) is 0 Å². The Bertz CT molecular complexity index is 512. The maximum Gasteiger partial charge on any atom is 0.343 e. The largest absolute Gasteiger partial charge is 0.477 e. The number of hydrogen-bond donors (Lipinski definition) is 2. The highest BCUT2D eigenvalue weighted by Crippen LogP contribution is 2.23. The molecule has 2 N–H and O–H groups in total. The van der Waals surface area contributed by atoms with E-state index in [2.05, 4.69) is 12.2 Å². The highest BCUT2D eigenvalue weighted by Gasteiger charge is 2.24. The van der Waals surface area contributed by atoms with Crippen LogP contribution in [0.15, 0.2) is 18.2 Å². The van der Waals surface area contributed by atoms with E-state index in [4.69, 9.17) is 0 Å². The minimum Gasteiger partial charge on any atom is -0.477 e. The van der Waals surface area contributed by atoms with Crippen LogP contribution in [0.1, 0.15) is 49.5 Å². The van der Waals surface area contributed by atoms with E-state index >= 15 is 0 Å². The summed E-state index contributed by atoms with van der Waals surface area (Å²) in [5.74, 6) is -1.28. The molecule has 6 nitrogen and oxygen atoms in total. The Kier molecular flexibility index (Phi) is 5.21. The molecule has 0 aliphatic carbocycles. The van der Waals surface area contributed by atoms with Crippen molar-refractivity contribution in [2.45, 2.75) is 45.7 Å². The molecule has 0 atom stereocenters. The molecule has 0 amide bonds. The van der Waals surface area contributed by atoms with Gasteiger partial charge < -0.3 is 10.4 Å². The van der Waals surface area contributed by atoms with Gasteiger partial charge in [-0.3, -0.25) is 10.1 Å². The van der Waals surface area contributed by atoms with Crippen molar-refractivity contribution >= 4 is 11.7 Å². The zero-order chi connectivity index (χ0) is 15.3. The first-order valence-corrected chi connectivity index (χ1v) is 6.53. The number of nitrogens with zero attached hydrogens (tertiary/aromatic N) is 1. The molecule has 0 saturated heterocycles. The Morgan fingerprint density at radius 2 is 2.10 bits per heavy atom. The number of carboxylic acid groups (broad SMARTS) is 1. The maximum absolute atomic E-state index is 11.3. The SMILES string of the molecule is CCCC(C)(C)NCc1cccc([N+](=O)[O-])c1C(=O)O. The smallest absolute Gasteiger partial charge is 0.343 e. The molecule has 0 aromatic heterocycles. The van der Waals surface area contributed by atoms with Gasteiger partial charge in [0.25, 0.3) is 5.69 Å². The molecule has 0 spiro atoms. The van der Waals surface area contributed by atoms with Gasteiger partial charge in [-0.2, -0.15) is 0 Å². The van der Waals surface area contributed by atoms with Gasteiger partial charge in [0.1, 0.15) is 5.56 Å². The molecule has 20 heavy (non-hydrogen) atoms. The molecule has 0 fully saturated rings. The van der Waals surface area contributed by atoms with Gasteiger partial charge in [-0.15, -0.1) is 0 Å². The summed E-state index contributed by atoms with van der Waals surface area (Å²) in [7, 11) is 0. The van der Waals surface area contributed by atoms with E-state index < -0.39 is 10.9 Å². The zero-order valence-electron chi connectivity index (χ0n) is 12.0. The molecule has 0 unspecified atom stereocenters. The van der Waals surface area contributed by atoms with E-state index in [1.807, 2.05) is 13.8 Å². The second-order valence-electron chi connectivity index (χ2n) is 5.36. The van der Waals surface area contributed by atoms with Gasteiger partial charge in [0, 0.05) is 18.2 Å². The number of carbonyl (C=O) groups is 1. The quantitative estimate of drug-likeness (QED) is 0.591. The number of nitrogens with one attached hydrogen (secondary N) is 1. The van der Waals surface area contributed by atoms with Crippen LogP contribution in [-0.4, -0.2) is 21.5 Å². The summed E-state index contributed by atoms with van der Waals surface area (Å²) in [4.78, 5) is 21.5. The summed E-state index contributed by atoms with van der Waals surface area (Å²) >= 11 is 0. The van der Waals surface area contributed by atoms with E-state index in [0.717, 1.165) is 12.8 Å². The first-order chi connectivity index (χ1) is 9.28. The van der Waals surface area contributed by atoms with Gasteiger partial charge >= 0.3 is 5.97 Å². The molecule has 110 valence electrons. The average molecular weight is 280 g/mol. The third kappa shape index (κ3) is 4.03. The molecule has 0 heterocycles. The van der Waals surface area contributed by atoms with E-state index in [0.29, 0.717) is 5.56 Å². The van der Waals surface area contributed by atoms with Crippen LogP contribution in [0.25, 0.3) is 0 Å². The number of aromatic carboxylic acids is 1. The molecule has 1 aromatic carbocycles. The van der Waals surface area contributed by atoms with E-state index in [9.17, 15) is 20.0 Å². The minimum absolute atomic E-state index is 0.144. The Morgan fingerprint density at radius 1 is 1.45 bits per heavy atom. The maximum atomic E-state index is 11.3. The fourth-order valence-electron chi connectivity index (χ4n) is 2.18. The van der Waals surface area contributed by atoms with Crippen LogP contribution in [0.5, 0.6) is 0 Å². The molecular weight excluding hydrogens is 260 g/mol. The first kappa shape index (κ1) is 16.1. The van der Waals surface area contributed by atoms with Crippen molar-refractivity contribution in [3.05, 3.63) is 39.4 Å². The second-order valence-corrected chi connectivity index (χ2v) is 5.36. The van der Waals surface area contributed by atoms with E-state index in [-0.39, 0.29) is 23.3 Å². The molecular formula is C14H20N2O4. The van der Waals surface area contributed by atoms with Gasteiger partial charge in [-0.05, 0) is 25.8 Å². The summed E-state index contributed by atoms with van der Waals surface area (Å²) in [5.41, 5.74) is -0.326. The number of carboxylic acids is 1. The van der Waals surface area contributed by atoms with Crippen LogP contribution in [0.3, 0.4) is 0 Å². The van der Waals surface area contributed by atoms with Crippen molar-refractivity contribution in [3.8, 4) is 0 Å². The van der Waals surface area contributed by atoms with Gasteiger partial charge in [0.15, 0.2) is 0 Å². The summed E-state index contributed by atoms with van der Waals surface area (Å²) in [5, 5.41) is 23.4. The van der Waals surface area contributed by atoms with Crippen LogP contribution < -0.4 is 5.32 Å². The van der Waals surface area contributed by atoms with Gasteiger partial charge in [-0.25, -0.2) is 4.79 Å². The van der Waals surface area contributed by atoms with Crippen molar-refractivity contribution in [1.29, 1.82) is 0 Å². The molecule has 0 aliphatic rings. The molecule has 6 heteroatoms. The Morgan fingerprint density at radius 3 is 2.60 bits per heavy atom. The number of rotatable bonds is 7. The number of benzene rings is 1. The van der Waals surface area contributed by atoms with Crippen molar-refractivity contribution in [2.24, 2.45) is 0 Å². The van der Waals surface area contributed by atoms with Crippen LogP contribution in [0.4, 0.5) is 5.69 Å². The van der Waals surface area contributed by atoms with Crippen LogP contribution in [0.2, 0.25) is 0 Å². The predicted molar refractivity (Wildman–Crippen MR) is 75.9 cm³/mol. The second kappa shape index (κ2) is 6.47. The Hall–Kier alpha value is -1.95. The average Bonchev–Trinajstić information content (AvgIpc) is 2.35. The number of hydrogen-bond acceptors (Lipinski definition) is 4. The summed E-state index contributed by atoms with van der Waals surface area (Å²) < 4.78 is 0. The molecule has 0 saturated carbocycles. The van der Waals surface area contributed by atoms with Crippen molar-refractivity contribution < 1.29 is 14.8 Å². The normalized spacial score (nSPS) is 11.3. The molecule has 0 radical (unpaired) electrons. The topological polar surface area (TPSA) is 92.5 Å². The Balaban J connectivity index is 3.04. The monoisotopic (exact) mass is 280 g/mol. The third-order valence-corrected chi connectivity index (χ3v) is 3.17. The van der Waals surface area contributed by atoms with Crippen LogP contribution in [0, 0.1) is 10.1 Å². The van der Waals surface area contributed by atoms with E-state index in [1.54, 1.807) is 6.07 Å². The lowest BCUT2D eigenvalue weighted by molar-refractivity contribution is -0.385. The summed E-state index contributed by atoms with van der Waals surface area (Å²) in [6.45, 7) is 6.40. The van der Waals surface area contributed by atoms with Crippen molar-refractivity contribution in [2.75, 3.05) is 0 Å². The minimum atomic E-state index is -1.28. The standard InChI is InChI=1S/C14H20N2O4/c1-4-8-14(2,3)15-9-10-6-5-7-11(16(19)20)12(10)13(17)18/h5-7,15H,4,8-9H2,1-3H3,(H,17,18).